The Morgan fingerprint density at radius 2 is 1.86 bits per heavy atom. The molecule has 0 amide bonds. The predicted octanol–water partition coefficient (Wildman–Crippen LogP) is 4.23. The zero-order valence-electron chi connectivity index (χ0n) is 11.2. The summed E-state index contributed by atoms with van der Waals surface area (Å²) in [6, 6.07) is 13.9. The highest BCUT2D eigenvalue weighted by Crippen LogP contribution is 2.28. The van der Waals surface area contributed by atoms with Gasteiger partial charge < -0.3 is 10.7 Å². The number of fused-ring (bicyclic) bond motifs is 1. The van der Waals surface area contributed by atoms with Gasteiger partial charge in [0.2, 0.25) is 0 Å². The second-order valence-electron chi connectivity index (χ2n) is 4.43. The molecule has 0 atom stereocenters. The van der Waals surface area contributed by atoms with E-state index in [-0.39, 0.29) is 24.8 Å². The van der Waals surface area contributed by atoms with E-state index in [9.17, 15) is 0 Å². The first-order chi connectivity index (χ1) is 9.28. The number of nitrogens with zero attached hydrogens (tertiary/aromatic N) is 1. The van der Waals surface area contributed by atoms with Crippen LogP contribution in [-0.2, 0) is 6.42 Å². The summed E-state index contributed by atoms with van der Waals surface area (Å²) < 4.78 is 0. The van der Waals surface area contributed by atoms with E-state index in [1.807, 2.05) is 36.4 Å². The first-order valence-electron chi connectivity index (χ1n) is 6.21. The Hall–Kier alpha value is -1.26. The maximum absolute atomic E-state index is 6.06. The fourth-order valence-corrected chi connectivity index (χ4v) is 2.42. The van der Waals surface area contributed by atoms with E-state index in [0.717, 1.165) is 39.4 Å². The van der Waals surface area contributed by atoms with Gasteiger partial charge in [0.15, 0.2) is 0 Å². The van der Waals surface area contributed by atoms with Crippen molar-refractivity contribution in [3.05, 3.63) is 53.3 Å². The molecule has 0 spiro atoms. The van der Waals surface area contributed by atoms with Crippen LogP contribution in [-0.4, -0.2) is 16.5 Å². The summed E-state index contributed by atoms with van der Waals surface area (Å²) in [5.41, 5.74) is 9.72. The molecule has 3 aromatic rings. The van der Waals surface area contributed by atoms with Gasteiger partial charge in [0.05, 0.1) is 11.0 Å². The van der Waals surface area contributed by atoms with Gasteiger partial charge in [-0.25, -0.2) is 4.98 Å². The standard InChI is InChI=1S/C15H14ClN3.2ClH/c16-11-4-1-3-10(9-11)12-5-2-6-13-15(12)19-14(18-13)7-8-17;;/h1-6,9H,7-8,17H2,(H,18,19);2*1H. The van der Waals surface area contributed by atoms with Crippen LogP contribution in [0.2, 0.25) is 5.02 Å². The van der Waals surface area contributed by atoms with Gasteiger partial charge in [-0.05, 0) is 30.3 Å². The van der Waals surface area contributed by atoms with E-state index in [0.29, 0.717) is 6.54 Å². The summed E-state index contributed by atoms with van der Waals surface area (Å²) in [6.45, 7) is 0.590. The lowest BCUT2D eigenvalue weighted by molar-refractivity contribution is 0.900. The zero-order chi connectivity index (χ0) is 13.2. The normalized spacial score (nSPS) is 10.0. The molecule has 0 fully saturated rings. The number of imidazole rings is 1. The number of benzene rings is 2. The highest BCUT2D eigenvalue weighted by molar-refractivity contribution is 6.30. The Morgan fingerprint density at radius 3 is 2.57 bits per heavy atom. The molecule has 1 aromatic heterocycles. The quantitative estimate of drug-likeness (QED) is 0.747. The largest absolute Gasteiger partial charge is 0.342 e. The second-order valence-corrected chi connectivity index (χ2v) is 4.87. The van der Waals surface area contributed by atoms with E-state index < -0.39 is 0 Å². The molecule has 0 unspecified atom stereocenters. The van der Waals surface area contributed by atoms with Gasteiger partial charge >= 0.3 is 0 Å². The molecule has 1 heterocycles. The fourth-order valence-electron chi connectivity index (χ4n) is 2.23. The number of H-pyrrole nitrogens is 1. The third-order valence-corrected chi connectivity index (χ3v) is 3.31. The van der Waals surface area contributed by atoms with Crippen LogP contribution in [0.5, 0.6) is 0 Å². The summed E-state index contributed by atoms with van der Waals surface area (Å²) in [5, 5.41) is 0.729. The number of nitrogens with two attached hydrogens (primary N) is 1. The van der Waals surface area contributed by atoms with Crippen molar-refractivity contribution in [2.75, 3.05) is 6.54 Å². The molecule has 3 N–H and O–H groups in total. The summed E-state index contributed by atoms with van der Waals surface area (Å²) >= 11 is 6.06. The molecule has 2 aromatic carbocycles. The minimum atomic E-state index is 0. The number of para-hydroxylation sites is 1. The van der Waals surface area contributed by atoms with Crippen LogP contribution in [0.1, 0.15) is 5.82 Å². The molecule has 6 heteroatoms. The summed E-state index contributed by atoms with van der Waals surface area (Å²) in [7, 11) is 0. The molecule has 0 saturated carbocycles. The van der Waals surface area contributed by atoms with Gasteiger partial charge in [-0.15, -0.1) is 24.8 Å². The third-order valence-electron chi connectivity index (χ3n) is 3.08. The highest BCUT2D eigenvalue weighted by atomic mass is 35.5. The number of aromatic amines is 1. The van der Waals surface area contributed by atoms with E-state index >= 15 is 0 Å². The van der Waals surface area contributed by atoms with Crippen molar-refractivity contribution < 1.29 is 0 Å². The lowest BCUT2D eigenvalue weighted by atomic mass is 10.0. The summed E-state index contributed by atoms with van der Waals surface area (Å²) in [5.74, 6) is 0.923. The number of hydrogen-bond acceptors (Lipinski definition) is 2. The van der Waals surface area contributed by atoms with Crippen LogP contribution in [0.25, 0.3) is 22.2 Å². The summed E-state index contributed by atoms with van der Waals surface area (Å²) in [4.78, 5) is 7.93. The highest BCUT2D eigenvalue weighted by Gasteiger charge is 2.08. The minimum absolute atomic E-state index is 0. The van der Waals surface area contributed by atoms with Crippen LogP contribution in [0.4, 0.5) is 0 Å². The number of halogens is 3. The van der Waals surface area contributed by atoms with Crippen molar-refractivity contribution in [3.63, 3.8) is 0 Å². The Balaban J connectivity index is 0.00000110. The van der Waals surface area contributed by atoms with Crippen molar-refractivity contribution in [2.24, 2.45) is 5.73 Å². The van der Waals surface area contributed by atoms with Crippen LogP contribution >= 0.6 is 36.4 Å². The van der Waals surface area contributed by atoms with E-state index in [4.69, 9.17) is 17.3 Å². The maximum atomic E-state index is 6.06. The first kappa shape index (κ1) is 17.8. The monoisotopic (exact) mass is 343 g/mol. The molecule has 0 saturated heterocycles. The average molecular weight is 345 g/mol. The average Bonchev–Trinajstić information content (AvgIpc) is 2.81. The number of rotatable bonds is 3. The van der Waals surface area contributed by atoms with Crippen LogP contribution in [0.3, 0.4) is 0 Å². The Bertz CT molecular complexity index is 725. The SMILES string of the molecule is Cl.Cl.NCCc1nc2c(-c3cccc(Cl)c3)cccc2[nH]1. The van der Waals surface area contributed by atoms with Crippen molar-refractivity contribution in [1.82, 2.24) is 9.97 Å². The zero-order valence-corrected chi connectivity index (χ0v) is 13.6. The molecule has 0 aliphatic rings. The van der Waals surface area contributed by atoms with E-state index in [1.54, 1.807) is 0 Å². The number of aromatic nitrogens is 2. The molecular weight excluding hydrogens is 329 g/mol. The second kappa shape index (κ2) is 7.66. The van der Waals surface area contributed by atoms with E-state index in [2.05, 4.69) is 16.0 Å². The van der Waals surface area contributed by atoms with Gasteiger partial charge in [0.1, 0.15) is 5.82 Å². The Labute approximate surface area is 140 Å². The van der Waals surface area contributed by atoms with Crippen LogP contribution in [0.15, 0.2) is 42.5 Å². The van der Waals surface area contributed by atoms with Gasteiger partial charge in [0.25, 0.3) is 0 Å². The Morgan fingerprint density at radius 1 is 1.10 bits per heavy atom. The maximum Gasteiger partial charge on any atom is 0.108 e. The molecule has 112 valence electrons. The van der Waals surface area contributed by atoms with Crippen LogP contribution < -0.4 is 5.73 Å². The molecule has 0 radical (unpaired) electrons. The topological polar surface area (TPSA) is 54.7 Å². The molecule has 3 nitrogen and oxygen atoms in total. The Kier molecular flexibility index (Phi) is 6.49. The van der Waals surface area contributed by atoms with Crippen molar-refractivity contribution in [2.45, 2.75) is 6.42 Å². The molecule has 0 aliphatic heterocycles. The minimum Gasteiger partial charge on any atom is -0.342 e. The molecular formula is C15H16Cl3N3. The van der Waals surface area contributed by atoms with Gasteiger partial charge in [-0.1, -0.05) is 35.9 Å². The smallest absolute Gasteiger partial charge is 0.108 e. The van der Waals surface area contributed by atoms with Gasteiger partial charge in [-0.2, -0.15) is 0 Å². The summed E-state index contributed by atoms with van der Waals surface area (Å²) in [6.07, 6.45) is 0.754. The van der Waals surface area contributed by atoms with Gasteiger partial charge in [-0.3, -0.25) is 0 Å². The van der Waals surface area contributed by atoms with Crippen LogP contribution in [0, 0.1) is 0 Å². The molecule has 21 heavy (non-hydrogen) atoms. The lowest BCUT2D eigenvalue weighted by Crippen LogP contribution is -2.03. The van der Waals surface area contributed by atoms with E-state index in [1.165, 1.54) is 0 Å². The van der Waals surface area contributed by atoms with Crippen molar-refractivity contribution >= 4 is 47.4 Å². The molecule has 0 aliphatic carbocycles. The fraction of sp³-hybridized carbons (Fsp3) is 0.133. The first-order valence-corrected chi connectivity index (χ1v) is 6.59. The number of hydrogen-bond donors (Lipinski definition) is 2. The third kappa shape index (κ3) is 3.69. The molecule has 3 rings (SSSR count). The van der Waals surface area contributed by atoms with Crippen molar-refractivity contribution in [1.29, 1.82) is 0 Å². The lowest BCUT2D eigenvalue weighted by Gasteiger charge is -2.02. The van der Waals surface area contributed by atoms with Crippen molar-refractivity contribution in [3.8, 4) is 11.1 Å². The predicted molar refractivity (Wildman–Crippen MR) is 93.8 cm³/mol. The van der Waals surface area contributed by atoms with Gasteiger partial charge in [0, 0.05) is 17.0 Å². The molecule has 0 bridgehead atoms. The number of nitrogens with one attached hydrogen (secondary N) is 1.